The van der Waals surface area contributed by atoms with Gasteiger partial charge in [-0.15, -0.1) is 0 Å². The zero-order valence-electron chi connectivity index (χ0n) is 16.7. The largest absolute Gasteiger partial charge is 0.336 e. The van der Waals surface area contributed by atoms with Crippen LogP contribution in [-0.4, -0.2) is 41.0 Å². The normalized spacial score (nSPS) is 18.7. The average molecular weight is 428 g/mol. The molecule has 0 spiro atoms. The van der Waals surface area contributed by atoms with Crippen molar-refractivity contribution in [3.8, 4) is 0 Å². The van der Waals surface area contributed by atoms with E-state index >= 15 is 0 Å². The van der Waals surface area contributed by atoms with Crippen LogP contribution < -0.4 is 0 Å². The topological polar surface area (TPSA) is 53.0 Å². The summed E-state index contributed by atoms with van der Waals surface area (Å²) in [6, 6.07) is 13.1. The number of hydrogen-bond acceptors (Lipinski definition) is 3. The molecule has 1 aliphatic carbocycles. The van der Waals surface area contributed by atoms with Gasteiger partial charge in [0, 0.05) is 35.5 Å². The van der Waals surface area contributed by atoms with Crippen LogP contribution in [0.4, 0.5) is 4.39 Å². The van der Waals surface area contributed by atoms with Crippen LogP contribution in [0.2, 0.25) is 5.02 Å². The summed E-state index contributed by atoms with van der Waals surface area (Å²) < 4.78 is 14.6. The molecule has 1 saturated carbocycles. The molecule has 0 aromatic heterocycles. The van der Waals surface area contributed by atoms with Gasteiger partial charge in [0.2, 0.25) is 5.91 Å². The first kappa shape index (κ1) is 20.5. The van der Waals surface area contributed by atoms with Gasteiger partial charge in [-0.2, -0.15) is 5.10 Å². The van der Waals surface area contributed by atoms with Gasteiger partial charge < -0.3 is 4.90 Å². The lowest BCUT2D eigenvalue weighted by molar-refractivity contribution is -0.144. The van der Waals surface area contributed by atoms with Gasteiger partial charge in [-0.25, -0.2) is 9.40 Å². The Morgan fingerprint density at radius 1 is 1.17 bits per heavy atom. The second-order valence-electron chi connectivity index (χ2n) is 7.83. The molecule has 1 atom stereocenters. The van der Waals surface area contributed by atoms with E-state index in [4.69, 9.17) is 11.6 Å². The number of carbonyl (C=O) groups is 2. The lowest BCUT2D eigenvalue weighted by atomic mass is 9.84. The van der Waals surface area contributed by atoms with E-state index in [9.17, 15) is 14.0 Å². The highest BCUT2D eigenvalue weighted by Gasteiger charge is 2.36. The molecule has 0 unspecified atom stereocenters. The van der Waals surface area contributed by atoms with Gasteiger partial charge in [-0.05, 0) is 25.0 Å². The van der Waals surface area contributed by atoms with Gasteiger partial charge in [-0.1, -0.05) is 54.4 Å². The number of hydrazone groups is 1. The maximum absolute atomic E-state index is 14.6. The van der Waals surface area contributed by atoms with Crippen LogP contribution in [0.25, 0.3) is 0 Å². The second kappa shape index (κ2) is 8.56. The SMILES string of the molecule is CN(CC(=O)N1N=C(c2ccccc2Cl)C[C@H]1c1ccccc1F)C(=O)C1CCC1. The van der Waals surface area contributed by atoms with Crippen molar-refractivity contribution in [3.63, 3.8) is 0 Å². The van der Waals surface area contributed by atoms with Gasteiger partial charge in [0.15, 0.2) is 0 Å². The molecular formula is C23H23ClFN3O2. The zero-order chi connectivity index (χ0) is 21.3. The van der Waals surface area contributed by atoms with E-state index in [2.05, 4.69) is 5.10 Å². The molecule has 4 rings (SSSR count). The summed E-state index contributed by atoms with van der Waals surface area (Å²) in [6.07, 6.45) is 3.13. The van der Waals surface area contributed by atoms with Crippen LogP contribution in [0.1, 0.15) is 42.9 Å². The third kappa shape index (κ3) is 3.97. The summed E-state index contributed by atoms with van der Waals surface area (Å²) in [7, 11) is 1.63. The quantitative estimate of drug-likeness (QED) is 0.709. The van der Waals surface area contributed by atoms with Crippen LogP contribution in [0.3, 0.4) is 0 Å². The molecular weight excluding hydrogens is 405 g/mol. The van der Waals surface area contributed by atoms with E-state index in [0.29, 0.717) is 22.7 Å². The molecule has 2 aliphatic rings. The van der Waals surface area contributed by atoms with Crippen molar-refractivity contribution < 1.29 is 14.0 Å². The molecule has 0 radical (unpaired) electrons. The van der Waals surface area contributed by atoms with Crippen LogP contribution in [0.15, 0.2) is 53.6 Å². The van der Waals surface area contributed by atoms with E-state index in [1.807, 2.05) is 18.2 Å². The number of benzene rings is 2. The minimum atomic E-state index is -0.586. The van der Waals surface area contributed by atoms with Crippen molar-refractivity contribution >= 4 is 29.1 Å². The molecule has 5 nitrogen and oxygen atoms in total. The van der Waals surface area contributed by atoms with Crippen LogP contribution in [0, 0.1) is 11.7 Å². The summed E-state index contributed by atoms with van der Waals surface area (Å²) in [4.78, 5) is 27.0. The highest BCUT2D eigenvalue weighted by molar-refractivity contribution is 6.34. The van der Waals surface area contributed by atoms with Crippen molar-refractivity contribution in [3.05, 3.63) is 70.5 Å². The number of likely N-dealkylation sites (N-methyl/N-ethyl adjacent to an activating group) is 1. The van der Waals surface area contributed by atoms with Crippen LogP contribution in [0.5, 0.6) is 0 Å². The predicted molar refractivity (Wildman–Crippen MR) is 114 cm³/mol. The van der Waals surface area contributed by atoms with Crippen molar-refractivity contribution in [2.45, 2.75) is 31.7 Å². The fraction of sp³-hybridized carbons (Fsp3) is 0.348. The zero-order valence-corrected chi connectivity index (χ0v) is 17.5. The molecule has 7 heteroatoms. The number of halogens is 2. The fourth-order valence-corrected chi connectivity index (χ4v) is 4.15. The minimum Gasteiger partial charge on any atom is -0.336 e. The Labute approximate surface area is 180 Å². The number of carbonyl (C=O) groups excluding carboxylic acids is 2. The van der Waals surface area contributed by atoms with E-state index in [-0.39, 0.29) is 24.3 Å². The smallest absolute Gasteiger partial charge is 0.262 e. The minimum absolute atomic E-state index is 0.00549. The highest BCUT2D eigenvalue weighted by atomic mass is 35.5. The standard InChI is InChI=1S/C23H23ClFN3O2/c1-27(23(30)15-7-6-8-15)14-22(29)28-21(17-10-3-5-12-19(17)25)13-20(26-28)16-9-2-4-11-18(16)24/h2-5,9-12,15,21H,6-8,13-14H2,1H3/t21-/m0/s1. The lowest BCUT2D eigenvalue weighted by Gasteiger charge is -2.30. The average Bonchev–Trinajstić information content (AvgIpc) is 3.12. The van der Waals surface area contributed by atoms with E-state index in [1.54, 1.807) is 31.3 Å². The van der Waals surface area contributed by atoms with Crippen molar-refractivity contribution in [2.75, 3.05) is 13.6 Å². The van der Waals surface area contributed by atoms with E-state index in [0.717, 1.165) is 24.8 Å². The van der Waals surface area contributed by atoms with Gasteiger partial charge in [0.25, 0.3) is 5.91 Å². The van der Waals surface area contributed by atoms with Gasteiger partial charge in [0.05, 0.1) is 11.8 Å². The van der Waals surface area contributed by atoms with Crippen molar-refractivity contribution in [1.29, 1.82) is 0 Å². The third-order valence-electron chi connectivity index (χ3n) is 5.82. The van der Waals surface area contributed by atoms with Crippen molar-refractivity contribution in [1.82, 2.24) is 9.91 Å². The first-order chi connectivity index (χ1) is 14.5. The fourth-order valence-electron chi connectivity index (χ4n) is 3.91. The number of rotatable bonds is 5. The van der Waals surface area contributed by atoms with E-state index in [1.165, 1.54) is 16.0 Å². The maximum Gasteiger partial charge on any atom is 0.262 e. The summed E-state index contributed by atoms with van der Waals surface area (Å²) in [5, 5.41) is 6.35. The lowest BCUT2D eigenvalue weighted by Crippen LogP contribution is -2.43. The molecule has 2 aromatic carbocycles. The molecule has 30 heavy (non-hydrogen) atoms. The first-order valence-electron chi connectivity index (χ1n) is 10.1. The summed E-state index contributed by atoms with van der Waals surface area (Å²) in [5.74, 6) is -0.757. The Hall–Kier alpha value is -2.73. The van der Waals surface area contributed by atoms with Crippen LogP contribution in [-0.2, 0) is 9.59 Å². The predicted octanol–water partition coefficient (Wildman–Crippen LogP) is 4.42. The molecule has 2 aromatic rings. The summed E-state index contributed by atoms with van der Waals surface area (Å²) >= 11 is 6.33. The third-order valence-corrected chi connectivity index (χ3v) is 6.15. The van der Waals surface area contributed by atoms with Crippen LogP contribution >= 0.6 is 11.6 Å². The molecule has 0 N–H and O–H groups in total. The second-order valence-corrected chi connectivity index (χ2v) is 8.24. The Bertz CT molecular complexity index is 1010. The Balaban J connectivity index is 1.61. The van der Waals surface area contributed by atoms with Crippen molar-refractivity contribution in [2.24, 2.45) is 11.0 Å². The number of nitrogens with zero attached hydrogens (tertiary/aromatic N) is 3. The van der Waals surface area contributed by atoms with Gasteiger partial charge >= 0.3 is 0 Å². The van der Waals surface area contributed by atoms with E-state index < -0.39 is 11.9 Å². The first-order valence-corrected chi connectivity index (χ1v) is 10.5. The monoisotopic (exact) mass is 427 g/mol. The Morgan fingerprint density at radius 2 is 1.87 bits per heavy atom. The summed E-state index contributed by atoms with van der Waals surface area (Å²) in [6.45, 7) is -0.0976. The molecule has 0 bridgehead atoms. The molecule has 2 amide bonds. The van der Waals surface area contributed by atoms with Gasteiger partial charge in [-0.3, -0.25) is 9.59 Å². The Kier molecular flexibility index (Phi) is 5.86. The summed E-state index contributed by atoms with van der Waals surface area (Å²) in [5.41, 5.74) is 1.73. The molecule has 1 aliphatic heterocycles. The molecule has 1 heterocycles. The number of amides is 2. The molecule has 156 valence electrons. The molecule has 0 saturated heterocycles. The highest BCUT2D eigenvalue weighted by Crippen LogP contribution is 2.35. The number of hydrogen-bond donors (Lipinski definition) is 0. The maximum atomic E-state index is 14.6. The Morgan fingerprint density at radius 3 is 2.53 bits per heavy atom. The molecule has 1 fully saturated rings. The van der Waals surface area contributed by atoms with Gasteiger partial charge in [0.1, 0.15) is 12.4 Å².